The van der Waals surface area contributed by atoms with Crippen LogP contribution in [0.25, 0.3) is 9.88 Å². The standard InChI is InChI=1S/C17H17N3O2S2/c1-11(2)10-22-13-6-3-5-12(9-13)15(21)18-17-20-19-16(24-17)14-7-4-8-23-14/h3-9,11H,10H2,1-2H3,(H,18,20,21). The summed E-state index contributed by atoms with van der Waals surface area (Å²) in [5, 5.41) is 14.2. The number of aromatic nitrogens is 2. The number of thiophene rings is 1. The smallest absolute Gasteiger partial charge is 0.257 e. The molecule has 124 valence electrons. The van der Waals surface area contributed by atoms with E-state index in [1.165, 1.54) is 11.3 Å². The summed E-state index contributed by atoms with van der Waals surface area (Å²) in [6.45, 7) is 4.78. The van der Waals surface area contributed by atoms with Crippen LogP contribution in [0.2, 0.25) is 0 Å². The molecule has 0 unspecified atom stereocenters. The van der Waals surface area contributed by atoms with Crippen LogP contribution in [0.1, 0.15) is 24.2 Å². The Hall–Kier alpha value is -2.25. The molecule has 24 heavy (non-hydrogen) atoms. The molecule has 5 nitrogen and oxygen atoms in total. The molecule has 0 aliphatic carbocycles. The Morgan fingerprint density at radius 2 is 2.12 bits per heavy atom. The molecule has 0 atom stereocenters. The number of amides is 1. The predicted octanol–water partition coefficient (Wildman–Crippen LogP) is 4.55. The highest BCUT2D eigenvalue weighted by Crippen LogP contribution is 2.30. The van der Waals surface area contributed by atoms with Gasteiger partial charge in [0.15, 0.2) is 5.01 Å². The zero-order valence-corrected chi connectivity index (χ0v) is 15.0. The van der Waals surface area contributed by atoms with Gasteiger partial charge in [-0.25, -0.2) is 0 Å². The van der Waals surface area contributed by atoms with Gasteiger partial charge in [0.05, 0.1) is 11.5 Å². The fraction of sp³-hybridized carbons (Fsp3) is 0.235. The molecule has 7 heteroatoms. The highest BCUT2D eigenvalue weighted by molar-refractivity contribution is 7.23. The van der Waals surface area contributed by atoms with E-state index in [1.807, 2.05) is 29.6 Å². The second kappa shape index (κ2) is 7.55. The first kappa shape index (κ1) is 16.6. The predicted molar refractivity (Wildman–Crippen MR) is 98.0 cm³/mol. The molecule has 0 saturated heterocycles. The molecule has 1 amide bonds. The van der Waals surface area contributed by atoms with Gasteiger partial charge in [0, 0.05) is 5.56 Å². The first-order valence-electron chi connectivity index (χ1n) is 7.53. The fourth-order valence-electron chi connectivity index (χ4n) is 1.93. The number of carbonyl (C=O) groups is 1. The molecule has 0 aliphatic rings. The number of nitrogens with zero attached hydrogens (tertiary/aromatic N) is 2. The summed E-state index contributed by atoms with van der Waals surface area (Å²) in [6.07, 6.45) is 0. The number of ether oxygens (including phenoxy) is 1. The number of benzene rings is 1. The third-order valence-corrected chi connectivity index (χ3v) is 4.93. The van der Waals surface area contributed by atoms with Gasteiger partial charge in [-0.05, 0) is 35.6 Å². The van der Waals surface area contributed by atoms with Gasteiger partial charge in [0.25, 0.3) is 5.91 Å². The van der Waals surface area contributed by atoms with Gasteiger partial charge in [-0.15, -0.1) is 21.5 Å². The summed E-state index contributed by atoms with van der Waals surface area (Å²) in [5.74, 6) is 0.895. The van der Waals surface area contributed by atoms with Crippen LogP contribution in [-0.4, -0.2) is 22.7 Å². The van der Waals surface area contributed by atoms with Crippen LogP contribution in [0.3, 0.4) is 0 Å². The van der Waals surface area contributed by atoms with Gasteiger partial charge in [0.2, 0.25) is 5.13 Å². The molecule has 0 saturated carbocycles. The summed E-state index contributed by atoms with van der Waals surface area (Å²) in [7, 11) is 0. The molecule has 1 aromatic carbocycles. The van der Waals surface area contributed by atoms with Crippen molar-refractivity contribution in [3.63, 3.8) is 0 Å². The molecule has 0 spiro atoms. The van der Waals surface area contributed by atoms with E-state index in [-0.39, 0.29) is 5.91 Å². The van der Waals surface area contributed by atoms with Crippen LogP contribution in [0.15, 0.2) is 41.8 Å². The zero-order valence-electron chi connectivity index (χ0n) is 13.4. The maximum atomic E-state index is 12.4. The van der Waals surface area contributed by atoms with Gasteiger partial charge in [-0.1, -0.05) is 37.3 Å². The van der Waals surface area contributed by atoms with Crippen molar-refractivity contribution in [2.24, 2.45) is 5.92 Å². The first-order chi connectivity index (χ1) is 11.6. The van der Waals surface area contributed by atoms with Crippen molar-refractivity contribution >= 4 is 33.7 Å². The van der Waals surface area contributed by atoms with Gasteiger partial charge >= 0.3 is 0 Å². The Morgan fingerprint density at radius 1 is 1.25 bits per heavy atom. The van der Waals surface area contributed by atoms with E-state index < -0.39 is 0 Å². The number of rotatable bonds is 6. The van der Waals surface area contributed by atoms with E-state index in [0.717, 1.165) is 9.88 Å². The molecular weight excluding hydrogens is 342 g/mol. The summed E-state index contributed by atoms with van der Waals surface area (Å²) >= 11 is 2.95. The summed E-state index contributed by atoms with van der Waals surface area (Å²) in [6, 6.07) is 11.1. The van der Waals surface area contributed by atoms with E-state index in [4.69, 9.17) is 4.74 Å². The van der Waals surface area contributed by atoms with Crippen molar-refractivity contribution in [2.45, 2.75) is 13.8 Å². The van der Waals surface area contributed by atoms with E-state index in [9.17, 15) is 4.79 Å². The fourth-order valence-corrected chi connectivity index (χ4v) is 3.46. The minimum atomic E-state index is -0.223. The maximum Gasteiger partial charge on any atom is 0.257 e. The minimum Gasteiger partial charge on any atom is -0.493 e. The van der Waals surface area contributed by atoms with E-state index in [0.29, 0.717) is 29.0 Å². The topological polar surface area (TPSA) is 64.1 Å². The third kappa shape index (κ3) is 4.18. The lowest BCUT2D eigenvalue weighted by Crippen LogP contribution is -2.12. The van der Waals surface area contributed by atoms with Gasteiger partial charge < -0.3 is 4.74 Å². The highest BCUT2D eigenvalue weighted by atomic mass is 32.1. The van der Waals surface area contributed by atoms with E-state index in [1.54, 1.807) is 23.5 Å². The minimum absolute atomic E-state index is 0.223. The molecular formula is C17H17N3O2S2. The van der Waals surface area contributed by atoms with Crippen molar-refractivity contribution in [3.05, 3.63) is 47.3 Å². The zero-order chi connectivity index (χ0) is 16.9. The lowest BCUT2D eigenvalue weighted by molar-refractivity contribution is 0.102. The Balaban J connectivity index is 1.68. The van der Waals surface area contributed by atoms with Crippen LogP contribution in [-0.2, 0) is 0 Å². The Labute approximate surface area is 148 Å². The van der Waals surface area contributed by atoms with Gasteiger partial charge in [0.1, 0.15) is 5.75 Å². The van der Waals surface area contributed by atoms with Crippen molar-refractivity contribution in [1.82, 2.24) is 10.2 Å². The Kier molecular flexibility index (Phi) is 5.22. The number of nitrogens with one attached hydrogen (secondary N) is 1. The first-order valence-corrected chi connectivity index (χ1v) is 9.23. The van der Waals surface area contributed by atoms with Crippen molar-refractivity contribution in [3.8, 4) is 15.6 Å². The largest absolute Gasteiger partial charge is 0.493 e. The molecule has 3 aromatic rings. The van der Waals surface area contributed by atoms with Gasteiger partial charge in [-0.2, -0.15) is 0 Å². The number of hydrogen-bond acceptors (Lipinski definition) is 6. The third-order valence-electron chi connectivity index (χ3n) is 3.06. The van der Waals surface area contributed by atoms with Crippen LogP contribution in [0, 0.1) is 5.92 Å². The molecule has 2 heterocycles. The van der Waals surface area contributed by atoms with E-state index in [2.05, 4.69) is 29.4 Å². The summed E-state index contributed by atoms with van der Waals surface area (Å²) in [5.41, 5.74) is 0.532. The van der Waals surface area contributed by atoms with Gasteiger partial charge in [-0.3, -0.25) is 10.1 Å². The second-order valence-corrected chi connectivity index (χ2v) is 7.50. The quantitative estimate of drug-likeness (QED) is 0.701. The molecule has 2 aromatic heterocycles. The molecule has 0 bridgehead atoms. The summed E-state index contributed by atoms with van der Waals surface area (Å²) < 4.78 is 5.66. The van der Waals surface area contributed by atoms with Crippen molar-refractivity contribution in [1.29, 1.82) is 0 Å². The SMILES string of the molecule is CC(C)COc1cccc(C(=O)Nc2nnc(-c3cccs3)s2)c1. The lowest BCUT2D eigenvalue weighted by Gasteiger charge is -2.09. The molecule has 3 rings (SSSR count). The van der Waals surface area contributed by atoms with Crippen molar-refractivity contribution in [2.75, 3.05) is 11.9 Å². The number of hydrogen-bond donors (Lipinski definition) is 1. The van der Waals surface area contributed by atoms with Crippen LogP contribution in [0.5, 0.6) is 5.75 Å². The second-order valence-electron chi connectivity index (χ2n) is 5.58. The average molecular weight is 359 g/mol. The van der Waals surface area contributed by atoms with E-state index >= 15 is 0 Å². The molecule has 1 N–H and O–H groups in total. The highest BCUT2D eigenvalue weighted by Gasteiger charge is 2.12. The monoisotopic (exact) mass is 359 g/mol. The number of anilines is 1. The molecule has 0 aliphatic heterocycles. The number of carbonyl (C=O) groups excluding carboxylic acids is 1. The van der Waals surface area contributed by atoms with Crippen molar-refractivity contribution < 1.29 is 9.53 Å². The van der Waals surface area contributed by atoms with Crippen LogP contribution >= 0.6 is 22.7 Å². The Morgan fingerprint density at radius 3 is 2.88 bits per heavy atom. The normalized spacial score (nSPS) is 10.8. The average Bonchev–Trinajstić information content (AvgIpc) is 3.24. The Bertz CT molecular complexity index is 813. The van der Waals surface area contributed by atoms with Crippen LogP contribution in [0.4, 0.5) is 5.13 Å². The maximum absolute atomic E-state index is 12.4. The summed E-state index contributed by atoms with van der Waals surface area (Å²) in [4.78, 5) is 13.4. The molecule has 0 radical (unpaired) electrons. The van der Waals surface area contributed by atoms with Crippen LogP contribution < -0.4 is 10.1 Å². The lowest BCUT2D eigenvalue weighted by atomic mass is 10.2. The molecule has 0 fully saturated rings.